The molecule has 6 heteroatoms. The second kappa shape index (κ2) is 3.89. The number of aliphatic carboxylic acids is 2. The van der Waals surface area contributed by atoms with Crippen LogP contribution in [0.3, 0.4) is 0 Å². The van der Waals surface area contributed by atoms with Crippen LogP contribution in [0.5, 0.6) is 0 Å². The molecule has 0 heterocycles. The number of carboxylic acid groups (broad SMARTS) is 2. The Kier molecular flexibility index (Phi) is 3.03. The molecule has 0 aromatic carbocycles. The fourth-order valence-corrected chi connectivity index (χ4v) is 1.68. The molecule has 1 aliphatic carbocycles. The predicted octanol–water partition coefficient (Wildman–Crippen LogP) is 0.858. The summed E-state index contributed by atoms with van der Waals surface area (Å²) in [7, 11) is 0. The molecule has 0 bridgehead atoms. The molecule has 0 spiro atoms. The molecule has 14 heavy (non-hydrogen) atoms. The Morgan fingerprint density at radius 2 is 1.64 bits per heavy atom. The van der Waals surface area contributed by atoms with E-state index in [0.29, 0.717) is 0 Å². The molecule has 0 radical (unpaired) electrons. The van der Waals surface area contributed by atoms with Crippen molar-refractivity contribution in [3.8, 4) is 0 Å². The summed E-state index contributed by atoms with van der Waals surface area (Å²) in [4.78, 5) is 21.0. The van der Waals surface area contributed by atoms with Gasteiger partial charge in [0.15, 0.2) is 0 Å². The largest absolute Gasteiger partial charge is 0.481 e. The standard InChI is InChI=1S/C8H10F2O4/c9-4-2-1-3(7(11)12)6(10)5(4)8(13)14/h3-6H,1-2H2,(H,11,12)(H,13,14). The van der Waals surface area contributed by atoms with E-state index in [1.807, 2.05) is 0 Å². The second-order valence-electron chi connectivity index (χ2n) is 3.35. The minimum Gasteiger partial charge on any atom is -0.481 e. The van der Waals surface area contributed by atoms with Gasteiger partial charge in [0.1, 0.15) is 18.3 Å². The molecule has 1 saturated carbocycles. The molecule has 1 aliphatic rings. The Labute approximate surface area is 78.5 Å². The van der Waals surface area contributed by atoms with Gasteiger partial charge < -0.3 is 10.2 Å². The Balaban J connectivity index is 2.82. The first-order valence-corrected chi connectivity index (χ1v) is 4.19. The van der Waals surface area contributed by atoms with Gasteiger partial charge in [0.05, 0.1) is 5.92 Å². The Morgan fingerprint density at radius 1 is 1.07 bits per heavy atom. The van der Waals surface area contributed by atoms with Crippen LogP contribution in [-0.4, -0.2) is 34.5 Å². The lowest BCUT2D eigenvalue weighted by atomic mass is 9.78. The summed E-state index contributed by atoms with van der Waals surface area (Å²) >= 11 is 0. The Bertz CT molecular complexity index is 256. The van der Waals surface area contributed by atoms with E-state index in [2.05, 4.69) is 0 Å². The van der Waals surface area contributed by atoms with E-state index >= 15 is 0 Å². The lowest BCUT2D eigenvalue weighted by Crippen LogP contribution is -2.44. The maximum Gasteiger partial charge on any atom is 0.312 e. The van der Waals surface area contributed by atoms with Gasteiger partial charge in [-0.3, -0.25) is 9.59 Å². The van der Waals surface area contributed by atoms with Crippen molar-refractivity contribution in [2.75, 3.05) is 0 Å². The van der Waals surface area contributed by atoms with Crippen LogP contribution in [0.25, 0.3) is 0 Å². The maximum absolute atomic E-state index is 13.3. The van der Waals surface area contributed by atoms with E-state index in [0.717, 1.165) is 0 Å². The van der Waals surface area contributed by atoms with Crippen LogP contribution in [0.15, 0.2) is 0 Å². The van der Waals surface area contributed by atoms with Crippen LogP contribution in [-0.2, 0) is 9.59 Å². The quantitative estimate of drug-likeness (QED) is 0.705. The fraction of sp³-hybridized carbons (Fsp3) is 0.750. The monoisotopic (exact) mass is 208 g/mol. The third kappa shape index (κ3) is 1.83. The van der Waals surface area contributed by atoms with Gasteiger partial charge in [-0.15, -0.1) is 0 Å². The zero-order chi connectivity index (χ0) is 10.9. The summed E-state index contributed by atoms with van der Waals surface area (Å²) in [5, 5.41) is 17.0. The van der Waals surface area contributed by atoms with Gasteiger partial charge in [0, 0.05) is 0 Å². The number of halogens is 2. The number of hydrogen-bond acceptors (Lipinski definition) is 2. The fourth-order valence-electron chi connectivity index (χ4n) is 1.68. The van der Waals surface area contributed by atoms with Crippen molar-refractivity contribution in [3.63, 3.8) is 0 Å². The first-order chi connectivity index (χ1) is 6.45. The molecule has 4 atom stereocenters. The van der Waals surface area contributed by atoms with E-state index < -0.39 is 36.1 Å². The Hall–Kier alpha value is -1.20. The van der Waals surface area contributed by atoms with Crippen LogP contribution in [0.1, 0.15) is 12.8 Å². The van der Waals surface area contributed by atoms with E-state index in [4.69, 9.17) is 10.2 Å². The molecule has 1 fully saturated rings. The number of rotatable bonds is 2. The second-order valence-corrected chi connectivity index (χ2v) is 3.35. The average molecular weight is 208 g/mol. The SMILES string of the molecule is O=C(O)C1CCC(F)C(C(=O)O)C1F. The van der Waals surface area contributed by atoms with Crippen molar-refractivity contribution in [2.24, 2.45) is 11.8 Å². The van der Waals surface area contributed by atoms with Crippen molar-refractivity contribution in [1.29, 1.82) is 0 Å². The topological polar surface area (TPSA) is 74.6 Å². The molecule has 2 N–H and O–H groups in total. The first-order valence-electron chi connectivity index (χ1n) is 4.19. The molecule has 4 unspecified atom stereocenters. The highest BCUT2D eigenvalue weighted by atomic mass is 19.1. The van der Waals surface area contributed by atoms with Crippen molar-refractivity contribution >= 4 is 11.9 Å². The van der Waals surface area contributed by atoms with E-state index in [1.165, 1.54) is 0 Å². The van der Waals surface area contributed by atoms with Gasteiger partial charge in [0.25, 0.3) is 0 Å². The molecule has 0 aromatic rings. The van der Waals surface area contributed by atoms with Gasteiger partial charge in [0.2, 0.25) is 0 Å². The highest BCUT2D eigenvalue weighted by Gasteiger charge is 2.47. The van der Waals surface area contributed by atoms with Gasteiger partial charge >= 0.3 is 11.9 Å². The number of hydrogen-bond donors (Lipinski definition) is 2. The smallest absolute Gasteiger partial charge is 0.312 e. The summed E-state index contributed by atoms with van der Waals surface area (Å²) < 4.78 is 26.2. The normalized spacial score (nSPS) is 37.9. The molecule has 1 rings (SSSR count). The van der Waals surface area contributed by atoms with Crippen molar-refractivity contribution in [3.05, 3.63) is 0 Å². The molecule has 0 amide bonds. The third-order valence-corrected chi connectivity index (χ3v) is 2.47. The van der Waals surface area contributed by atoms with Crippen LogP contribution >= 0.6 is 0 Å². The van der Waals surface area contributed by atoms with Gasteiger partial charge in [-0.05, 0) is 12.8 Å². The number of alkyl halides is 2. The zero-order valence-corrected chi connectivity index (χ0v) is 7.19. The molecule has 0 saturated heterocycles. The van der Waals surface area contributed by atoms with Crippen LogP contribution < -0.4 is 0 Å². The Morgan fingerprint density at radius 3 is 2.07 bits per heavy atom. The van der Waals surface area contributed by atoms with Crippen molar-refractivity contribution in [2.45, 2.75) is 25.2 Å². The van der Waals surface area contributed by atoms with Gasteiger partial charge in [-0.1, -0.05) is 0 Å². The lowest BCUT2D eigenvalue weighted by Gasteiger charge is -2.30. The minimum atomic E-state index is -2.14. The summed E-state index contributed by atoms with van der Waals surface area (Å²) in [6.45, 7) is 0. The average Bonchev–Trinajstić information content (AvgIpc) is 2.02. The van der Waals surface area contributed by atoms with Crippen LogP contribution in [0.4, 0.5) is 8.78 Å². The predicted molar refractivity (Wildman–Crippen MR) is 41.3 cm³/mol. The maximum atomic E-state index is 13.3. The number of carbonyl (C=O) groups is 2. The zero-order valence-electron chi connectivity index (χ0n) is 7.19. The van der Waals surface area contributed by atoms with Crippen molar-refractivity contribution < 1.29 is 28.6 Å². The van der Waals surface area contributed by atoms with E-state index in [9.17, 15) is 18.4 Å². The highest BCUT2D eigenvalue weighted by Crippen LogP contribution is 2.34. The van der Waals surface area contributed by atoms with Gasteiger partial charge in [-0.25, -0.2) is 8.78 Å². The lowest BCUT2D eigenvalue weighted by molar-refractivity contribution is -0.156. The highest BCUT2D eigenvalue weighted by molar-refractivity contribution is 5.76. The van der Waals surface area contributed by atoms with Crippen molar-refractivity contribution in [1.82, 2.24) is 0 Å². The van der Waals surface area contributed by atoms with Gasteiger partial charge in [-0.2, -0.15) is 0 Å². The van der Waals surface area contributed by atoms with Crippen LogP contribution in [0, 0.1) is 11.8 Å². The summed E-state index contributed by atoms with van der Waals surface area (Å²) in [6, 6.07) is 0. The molecular formula is C8H10F2O4. The molecule has 4 nitrogen and oxygen atoms in total. The first kappa shape index (κ1) is 10.9. The molecule has 0 aliphatic heterocycles. The molecule has 0 aromatic heterocycles. The summed E-state index contributed by atoms with van der Waals surface area (Å²) in [6.07, 6.45) is -4.30. The third-order valence-electron chi connectivity index (χ3n) is 2.47. The van der Waals surface area contributed by atoms with E-state index in [1.54, 1.807) is 0 Å². The minimum absolute atomic E-state index is 0.151. The molecule has 80 valence electrons. The summed E-state index contributed by atoms with van der Waals surface area (Å²) in [5.74, 6) is -6.26. The van der Waals surface area contributed by atoms with Crippen LogP contribution in [0.2, 0.25) is 0 Å². The van der Waals surface area contributed by atoms with E-state index in [-0.39, 0.29) is 12.8 Å². The summed E-state index contributed by atoms with van der Waals surface area (Å²) in [5.41, 5.74) is 0. The number of carboxylic acids is 2. The molecular weight excluding hydrogens is 198 g/mol.